The van der Waals surface area contributed by atoms with Crippen LogP contribution in [0.25, 0.3) is 0 Å². The molecule has 0 spiro atoms. The molecule has 4 heteroatoms. The van der Waals surface area contributed by atoms with E-state index in [1.165, 1.54) is 0 Å². The molecule has 2 unspecified atom stereocenters. The van der Waals surface area contributed by atoms with Gasteiger partial charge in [0.05, 0.1) is 11.5 Å². The molecule has 1 aromatic rings. The highest BCUT2D eigenvalue weighted by atomic mass is 32.2. The van der Waals surface area contributed by atoms with Crippen molar-refractivity contribution in [3.63, 3.8) is 0 Å². The summed E-state index contributed by atoms with van der Waals surface area (Å²) in [4.78, 5) is 0. The summed E-state index contributed by atoms with van der Waals surface area (Å²) in [7, 11) is -1.26. The van der Waals surface area contributed by atoms with Crippen molar-refractivity contribution in [2.45, 2.75) is 45.9 Å². The predicted octanol–water partition coefficient (Wildman–Crippen LogP) is 2.85. The van der Waals surface area contributed by atoms with Crippen LogP contribution in [0, 0.1) is 19.8 Å². The normalized spacial score (nSPS) is 15.1. The molecule has 0 bridgehead atoms. The minimum atomic E-state index is -3.10. The Balaban J connectivity index is 2.83. The highest BCUT2D eigenvalue weighted by Crippen LogP contribution is 2.15. The van der Waals surface area contributed by atoms with Crippen molar-refractivity contribution in [1.29, 1.82) is 0 Å². The third-order valence-electron chi connectivity index (χ3n) is 3.80. The maximum absolute atomic E-state index is 12.4. The highest BCUT2D eigenvalue weighted by molar-refractivity contribution is 7.90. The molecule has 0 aromatic heterocycles. The second-order valence-corrected chi connectivity index (χ2v) is 7.94. The zero-order chi connectivity index (χ0) is 15.3. The van der Waals surface area contributed by atoms with E-state index in [0.29, 0.717) is 5.92 Å². The van der Waals surface area contributed by atoms with Crippen molar-refractivity contribution < 1.29 is 8.42 Å². The van der Waals surface area contributed by atoms with E-state index in [2.05, 4.69) is 25.2 Å². The van der Waals surface area contributed by atoms with Crippen LogP contribution in [-0.4, -0.2) is 27.3 Å². The highest BCUT2D eigenvalue weighted by Gasteiger charge is 2.22. The molecule has 0 fully saturated rings. The van der Waals surface area contributed by atoms with Crippen LogP contribution < -0.4 is 5.32 Å². The molecule has 1 rings (SSSR count). The predicted molar refractivity (Wildman–Crippen MR) is 85.7 cm³/mol. The van der Waals surface area contributed by atoms with Gasteiger partial charge in [-0.15, -0.1) is 0 Å². The Labute approximate surface area is 123 Å². The molecule has 114 valence electrons. The van der Waals surface area contributed by atoms with Gasteiger partial charge in [0.15, 0.2) is 9.84 Å². The van der Waals surface area contributed by atoms with E-state index in [0.717, 1.165) is 23.1 Å². The number of hydrogen-bond acceptors (Lipinski definition) is 3. The number of nitrogens with one attached hydrogen (secondary N) is 1. The summed E-state index contributed by atoms with van der Waals surface area (Å²) in [5.41, 5.74) is 3.12. The largest absolute Gasteiger partial charge is 0.316 e. The van der Waals surface area contributed by atoms with Crippen LogP contribution in [0.4, 0.5) is 0 Å². The molecule has 0 amide bonds. The van der Waals surface area contributed by atoms with E-state index in [4.69, 9.17) is 0 Å². The van der Waals surface area contributed by atoms with Crippen molar-refractivity contribution in [2.75, 3.05) is 12.8 Å². The van der Waals surface area contributed by atoms with Gasteiger partial charge in [-0.05, 0) is 32.4 Å². The van der Waals surface area contributed by atoms with Crippen LogP contribution in [-0.2, 0) is 15.6 Å². The maximum Gasteiger partial charge on any atom is 0.155 e. The van der Waals surface area contributed by atoms with Gasteiger partial charge in [0, 0.05) is 6.04 Å². The van der Waals surface area contributed by atoms with Gasteiger partial charge in [-0.1, -0.05) is 49.6 Å². The Morgan fingerprint density at radius 1 is 1.15 bits per heavy atom. The van der Waals surface area contributed by atoms with Gasteiger partial charge in [-0.3, -0.25) is 0 Å². The average Bonchev–Trinajstić information content (AvgIpc) is 2.33. The molecule has 0 aliphatic rings. The van der Waals surface area contributed by atoms with Crippen molar-refractivity contribution in [1.82, 2.24) is 5.32 Å². The van der Waals surface area contributed by atoms with E-state index in [-0.39, 0.29) is 17.5 Å². The number of aryl methyl sites for hydroxylation is 2. The van der Waals surface area contributed by atoms with E-state index >= 15 is 0 Å². The Hall–Kier alpha value is -0.870. The third-order valence-corrected chi connectivity index (χ3v) is 5.44. The zero-order valence-corrected chi connectivity index (χ0v) is 14.0. The fourth-order valence-electron chi connectivity index (χ4n) is 2.56. The molecule has 3 nitrogen and oxygen atoms in total. The lowest BCUT2D eigenvalue weighted by molar-refractivity contribution is 0.413. The SMILES string of the molecule is CCC(C)C(CS(=O)(=O)Cc1cc(C)cc(C)c1)NC. The molecular formula is C16H27NO2S. The molecule has 0 saturated heterocycles. The molecule has 0 saturated carbocycles. The minimum Gasteiger partial charge on any atom is -0.316 e. The van der Waals surface area contributed by atoms with E-state index in [1.54, 1.807) is 0 Å². The number of hydrogen-bond donors (Lipinski definition) is 1. The van der Waals surface area contributed by atoms with Gasteiger partial charge in [0.1, 0.15) is 0 Å². The second kappa shape index (κ2) is 7.23. The lowest BCUT2D eigenvalue weighted by Gasteiger charge is -2.22. The summed E-state index contributed by atoms with van der Waals surface area (Å²) in [6.45, 7) is 8.18. The van der Waals surface area contributed by atoms with Crippen LogP contribution in [0.1, 0.15) is 37.0 Å². The second-order valence-electron chi connectivity index (χ2n) is 5.83. The van der Waals surface area contributed by atoms with E-state index in [1.807, 2.05) is 33.0 Å². The van der Waals surface area contributed by atoms with Crippen LogP contribution >= 0.6 is 0 Å². The smallest absolute Gasteiger partial charge is 0.155 e. The molecule has 0 radical (unpaired) electrons. The molecule has 0 aliphatic carbocycles. The van der Waals surface area contributed by atoms with E-state index in [9.17, 15) is 8.42 Å². The van der Waals surface area contributed by atoms with Crippen molar-refractivity contribution in [2.24, 2.45) is 5.92 Å². The first kappa shape index (κ1) is 17.2. The summed E-state index contributed by atoms with van der Waals surface area (Å²) in [6.07, 6.45) is 0.977. The zero-order valence-electron chi connectivity index (χ0n) is 13.2. The Morgan fingerprint density at radius 3 is 2.15 bits per heavy atom. The van der Waals surface area contributed by atoms with Crippen molar-refractivity contribution >= 4 is 9.84 Å². The van der Waals surface area contributed by atoms with Crippen molar-refractivity contribution in [3.8, 4) is 0 Å². The van der Waals surface area contributed by atoms with Crippen LogP contribution in [0.15, 0.2) is 18.2 Å². The Kier molecular flexibility index (Phi) is 6.21. The van der Waals surface area contributed by atoms with E-state index < -0.39 is 9.84 Å². The summed E-state index contributed by atoms with van der Waals surface area (Å²) >= 11 is 0. The molecular weight excluding hydrogens is 270 g/mol. The molecule has 0 aliphatic heterocycles. The first-order valence-corrected chi connectivity index (χ1v) is 9.04. The number of rotatable bonds is 7. The first-order valence-electron chi connectivity index (χ1n) is 7.22. The molecule has 0 heterocycles. The fraction of sp³-hybridized carbons (Fsp3) is 0.625. The van der Waals surface area contributed by atoms with Gasteiger partial charge in [-0.2, -0.15) is 0 Å². The van der Waals surface area contributed by atoms with Crippen LogP contribution in [0.3, 0.4) is 0 Å². The minimum absolute atomic E-state index is 0.0240. The summed E-state index contributed by atoms with van der Waals surface area (Å²) in [6, 6.07) is 6.01. The average molecular weight is 297 g/mol. The van der Waals surface area contributed by atoms with Gasteiger partial charge in [-0.25, -0.2) is 8.42 Å². The molecule has 2 atom stereocenters. The van der Waals surface area contributed by atoms with Gasteiger partial charge in [0.25, 0.3) is 0 Å². The lowest BCUT2D eigenvalue weighted by atomic mass is 10.0. The molecule has 20 heavy (non-hydrogen) atoms. The first-order chi connectivity index (χ1) is 9.27. The topological polar surface area (TPSA) is 46.2 Å². The van der Waals surface area contributed by atoms with Crippen LogP contribution in [0.2, 0.25) is 0 Å². The molecule has 1 aromatic carbocycles. The fourth-order valence-corrected chi connectivity index (χ4v) is 4.39. The number of benzene rings is 1. The summed E-state index contributed by atoms with van der Waals surface area (Å²) in [5, 5.41) is 3.14. The van der Waals surface area contributed by atoms with Gasteiger partial charge in [0.2, 0.25) is 0 Å². The maximum atomic E-state index is 12.4. The Bertz CT molecular complexity index is 517. The quantitative estimate of drug-likeness (QED) is 0.842. The monoisotopic (exact) mass is 297 g/mol. The number of sulfone groups is 1. The standard InChI is InChI=1S/C16H27NO2S/c1-6-14(4)16(17-5)11-20(18,19)10-15-8-12(2)7-13(3)9-15/h7-9,14,16-17H,6,10-11H2,1-5H3. The summed E-state index contributed by atoms with van der Waals surface area (Å²) in [5.74, 6) is 0.685. The molecule has 1 N–H and O–H groups in total. The van der Waals surface area contributed by atoms with Gasteiger partial charge < -0.3 is 5.32 Å². The van der Waals surface area contributed by atoms with Gasteiger partial charge >= 0.3 is 0 Å². The van der Waals surface area contributed by atoms with Crippen LogP contribution in [0.5, 0.6) is 0 Å². The Morgan fingerprint density at radius 2 is 1.70 bits per heavy atom. The lowest BCUT2D eigenvalue weighted by Crippen LogP contribution is -2.38. The summed E-state index contributed by atoms with van der Waals surface area (Å²) < 4.78 is 24.7. The third kappa shape index (κ3) is 5.25. The van der Waals surface area contributed by atoms with Crippen molar-refractivity contribution in [3.05, 3.63) is 34.9 Å².